The fourth-order valence-corrected chi connectivity index (χ4v) is 3.77. The van der Waals surface area contributed by atoms with E-state index in [0.717, 1.165) is 41.7 Å². The van der Waals surface area contributed by atoms with Crippen LogP contribution in [0.5, 0.6) is 0 Å². The number of carbonyl (C=O) groups excluding carboxylic acids is 1. The molecule has 28 heavy (non-hydrogen) atoms. The van der Waals surface area contributed by atoms with Crippen LogP contribution < -0.4 is 5.32 Å². The van der Waals surface area contributed by atoms with Gasteiger partial charge in [-0.2, -0.15) is 5.10 Å². The molecule has 1 aromatic heterocycles. The third-order valence-electron chi connectivity index (χ3n) is 5.21. The third-order valence-corrected chi connectivity index (χ3v) is 5.21. The number of fused-ring (bicyclic) bond motifs is 2. The summed E-state index contributed by atoms with van der Waals surface area (Å²) in [6.07, 6.45) is 0. The normalized spacial score (nSPS) is 13.6. The number of aromatic amines is 1. The maximum Gasteiger partial charge on any atom is 0.256 e. The van der Waals surface area contributed by atoms with Gasteiger partial charge in [-0.15, -0.1) is 0 Å². The number of hydrogen-bond acceptors (Lipinski definition) is 3. The van der Waals surface area contributed by atoms with Crippen LogP contribution in [-0.2, 0) is 19.6 Å². The topological polar surface area (TPSA) is 61.0 Å². The van der Waals surface area contributed by atoms with E-state index in [1.165, 1.54) is 5.56 Å². The number of nitrogens with one attached hydrogen (secondary N) is 2. The van der Waals surface area contributed by atoms with E-state index in [4.69, 9.17) is 0 Å². The van der Waals surface area contributed by atoms with E-state index in [9.17, 15) is 4.79 Å². The van der Waals surface area contributed by atoms with Crippen molar-refractivity contribution in [1.29, 1.82) is 0 Å². The van der Waals surface area contributed by atoms with Gasteiger partial charge in [0.1, 0.15) is 0 Å². The van der Waals surface area contributed by atoms with Gasteiger partial charge in [-0.25, -0.2) is 0 Å². The third kappa shape index (κ3) is 3.17. The summed E-state index contributed by atoms with van der Waals surface area (Å²) in [5, 5.41) is 12.6. The Kier molecular flexibility index (Phi) is 4.14. The SMILES string of the molecule is O=C(Nc1n[nH]c2c1CN(Cc1ccccc1)C2)c1ccc2ccccc2c1. The number of benzene rings is 3. The minimum absolute atomic E-state index is 0.137. The van der Waals surface area contributed by atoms with Gasteiger partial charge in [0.15, 0.2) is 5.82 Å². The Labute approximate surface area is 163 Å². The first-order valence-corrected chi connectivity index (χ1v) is 9.39. The molecule has 5 heteroatoms. The number of anilines is 1. The minimum atomic E-state index is -0.137. The van der Waals surface area contributed by atoms with Crippen LogP contribution in [0.1, 0.15) is 27.2 Å². The van der Waals surface area contributed by atoms with Gasteiger partial charge in [-0.05, 0) is 28.5 Å². The maximum absolute atomic E-state index is 12.7. The number of H-pyrrole nitrogens is 1. The van der Waals surface area contributed by atoms with Crippen molar-refractivity contribution in [3.8, 4) is 0 Å². The molecule has 2 heterocycles. The molecule has 0 bridgehead atoms. The zero-order chi connectivity index (χ0) is 18.9. The lowest BCUT2D eigenvalue weighted by Crippen LogP contribution is -2.18. The second-order valence-corrected chi connectivity index (χ2v) is 7.18. The van der Waals surface area contributed by atoms with Crippen LogP contribution in [-0.4, -0.2) is 21.0 Å². The van der Waals surface area contributed by atoms with Crippen LogP contribution in [0.2, 0.25) is 0 Å². The Morgan fingerprint density at radius 3 is 2.61 bits per heavy atom. The lowest BCUT2D eigenvalue weighted by Gasteiger charge is -2.15. The van der Waals surface area contributed by atoms with Crippen molar-refractivity contribution in [3.05, 3.63) is 95.2 Å². The quantitative estimate of drug-likeness (QED) is 0.564. The first-order valence-electron chi connectivity index (χ1n) is 9.39. The molecule has 0 spiro atoms. The molecule has 2 N–H and O–H groups in total. The highest BCUT2D eigenvalue weighted by Gasteiger charge is 2.25. The largest absolute Gasteiger partial charge is 0.305 e. The molecule has 0 atom stereocenters. The number of amides is 1. The molecule has 1 aliphatic heterocycles. The van der Waals surface area contributed by atoms with Crippen molar-refractivity contribution in [2.75, 3.05) is 5.32 Å². The zero-order valence-electron chi connectivity index (χ0n) is 15.4. The Morgan fingerprint density at radius 2 is 1.75 bits per heavy atom. The summed E-state index contributed by atoms with van der Waals surface area (Å²) in [7, 11) is 0. The Morgan fingerprint density at radius 1 is 0.964 bits per heavy atom. The first kappa shape index (κ1) is 16.7. The molecule has 138 valence electrons. The van der Waals surface area contributed by atoms with Gasteiger partial charge in [0.25, 0.3) is 5.91 Å². The van der Waals surface area contributed by atoms with Crippen molar-refractivity contribution in [2.45, 2.75) is 19.6 Å². The van der Waals surface area contributed by atoms with Crippen LogP contribution in [0.25, 0.3) is 10.8 Å². The highest BCUT2D eigenvalue weighted by atomic mass is 16.1. The lowest BCUT2D eigenvalue weighted by atomic mass is 10.1. The molecule has 0 unspecified atom stereocenters. The minimum Gasteiger partial charge on any atom is -0.305 e. The summed E-state index contributed by atoms with van der Waals surface area (Å²) < 4.78 is 0. The summed E-state index contributed by atoms with van der Waals surface area (Å²) in [4.78, 5) is 15.1. The fraction of sp³-hybridized carbons (Fsp3) is 0.130. The van der Waals surface area contributed by atoms with Crippen molar-refractivity contribution in [2.24, 2.45) is 0 Å². The van der Waals surface area contributed by atoms with Crippen LogP contribution in [0.15, 0.2) is 72.8 Å². The van der Waals surface area contributed by atoms with E-state index in [0.29, 0.717) is 11.4 Å². The summed E-state index contributed by atoms with van der Waals surface area (Å²) in [6, 6.07) is 24.2. The highest BCUT2D eigenvalue weighted by Crippen LogP contribution is 2.28. The zero-order valence-corrected chi connectivity index (χ0v) is 15.4. The molecule has 0 saturated heterocycles. The number of hydrogen-bond donors (Lipinski definition) is 2. The van der Waals surface area contributed by atoms with Crippen molar-refractivity contribution >= 4 is 22.5 Å². The average molecular weight is 368 g/mol. The first-order chi connectivity index (χ1) is 13.8. The van der Waals surface area contributed by atoms with Crippen molar-refractivity contribution in [3.63, 3.8) is 0 Å². The molecule has 0 fully saturated rings. The van der Waals surface area contributed by atoms with Crippen molar-refractivity contribution in [1.82, 2.24) is 15.1 Å². The van der Waals surface area contributed by atoms with E-state index in [1.54, 1.807) is 0 Å². The highest BCUT2D eigenvalue weighted by molar-refractivity contribution is 6.06. The van der Waals surface area contributed by atoms with Crippen LogP contribution in [0.4, 0.5) is 5.82 Å². The lowest BCUT2D eigenvalue weighted by molar-refractivity contribution is 0.102. The van der Waals surface area contributed by atoms with Crippen LogP contribution in [0.3, 0.4) is 0 Å². The van der Waals surface area contributed by atoms with Gasteiger partial charge < -0.3 is 5.32 Å². The predicted octanol–water partition coefficient (Wildman–Crippen LogP) is 4.33. The molecule has 0 saturated carbocycles. The molecular weight excluding hydrogens is 348 g/mol. The summed E-state index contributed by atoms with van der Waals surface area (Å²) in [5.74, 6) is 0.491. The van der Waals surface area contributed by atoms with Gasteiger partial charge in [0, 0.05) is 30.8 Å². The van der Waals surface area contributed by atoms with E-state index in [2.05, 4.69) is 44.7 Å². The molecule has 5 rings (SSSR count). The predicted molar refractivity (Wildman–Crippen MR) is 110 cm³/mol. The number of nitrogens with zero attached hydrogens (tertiary/aromatic N) is 2. The van der Waals surface area contributed by atoms with E-state index < -0.39 is 0 Å². The number of rotatable bonds is 4. The summed E-state index contributed by atoms with van der Waals surface area (Å²) >= 11 is 0. The van der Waals surface area contributed by atoms with Crippen LogP contribution >= 0.6 is 0 Å². The van der Waals surface area contributed by atoms with E-state index in [-0.39, 0.29) is 5.91 Å². The molecule has 1 aliphatic rings. The molecule has 0 radical (unpaired) electrons. The Bertz CT molecular complexity index is 1150. The maximum atomic E-state index is 12.7. The Balaban J connectivity index is 1.31. The Hall–Kier alpha value is -3.44. The van der Waals surface area contributed by atoms with Gasteiger partial charge >= 0.3 is 0 Å². The summed E-state index contributed by atoms with van der Waals surface area (Å²) in [5.41, 5.74) is 4.06. The monoisotopic (exact) mass is 368 g/mol. The van der Waals surface area contributed by atoms with E-state index >= 15 is 0 Å². The average Bonchev–Trinajstić information content (AvgIpc) is 3.29. The van der Waals surface area contributed by atoms with E-state index in [1.807, 2.05) is 48.5 Å². The van der Waals surface area contributed by atoms with Gasteiger partial charge in [0.2, 0.25) is 0 Å². The number of aromatic nitrogens is 2. The standard InChI is InChI=1S/C23H20N4O/c28-23(19-11-10-17-8-4-5-9-18(17)12-19)24-22-20-14-27(15-21(20)25-26-22)13-16-6-2-1-3-7-16/h1-12H,13-15H2,(H2,24,25,26,28). The second-order valence-electron chi connectivity index (χ2n) is 7.18. The van der Waals surface area contributed by atoms with Crippen LogP contribution in [0, 0.1) is 0 Å². The van der Waals surface area contributed by atoms with Gasteiger partial charge in [0.05, 0.1) is 5.69 Å². The van der Waals surface area contributed by atoms with Gasteiger partial charge in [-0.3, -0.25) is 14.8 Å². The molecule has 1 amide bonds. The molecular formula is C23H20N4O. The molecule has 4 aromatic rings. The molecule has 3 aromatic carbocycles. The number of carbonyl (C=O) groups is 1. The van der Waals surface area contributed by atoms with Crippen molar-refractivity contribution < 1.29 is 4.79 Å². The van der Waals surface area contributed by atoms with Gasteiger partial charge in [-0.1, -0.05) is 60.7 Å². The fourth-order valence-electron chi connectivity index (χ4n) is 3.77. The molecule has 5 nitrogen and oxygen atoms in total. The molecule has 0 aliphatic carbocycles. The smallest absolute Gasteiger partial charge is 0.256 e. The second kappa shape index (κ2) is 6.94. The summed E-state index contributed by atoms with van der Waals surface area (Å²) in [6.45, 7) is 2.46.